The summed E-state index contributed by atoms with van der Waals surface area (Å²) in [4.78, 5) is 28.8. The number of thiophene rings is 1. The summed E-state index contributed by atoms with van der Waals surface area (Å²) in [5.74, 6) is 0.548. The SMILES string of the molecule is CCN(CC)C(C)CNC(=O)c1cc(-c2cnn3ccc(-c4cccs4)nc23)nc(N2CCC[C@H]2CO)c1. The minimum atomic E-state index is -0.141. The van der Waals surface area contributed by atoms with Crippen molar-refractivity contribution in [1.82, 2.24) is 29.8 Å². The van der Waals surface area contributed by atoms with Crippen LogP contribution in [0.3, 0.4) is 0 Å². The van der Waals surface area contributed by atoms with E-state index in [-0.39, 0.29) is 24.6 Å². The van der Waals surface area contributed by atoms with Crippen molar-refractivity contribution >= 4 is 28.7 Å². The van der Waals surface area contributed by atoms with Gasteiger partial charge in [0.1, 0.15) is 5.82 Å². The third-order valence-electron chi connectivity index (χ3n) is 7.37. The summed E-state index contributed by atoms with van der Waals surface area (Å²) in [7, 11) is 0. The average molecular weight is 534 g/mol. The van der Waals surface area contributed by atoms with E-state index in [0.717, 1.165) is 48.6 Å². The number of nitrogens with zero attached hydrogens (tertiary/aromatic N) is 6. The summed E-state index contributed by atoms with van der Waals surface area (Å²) in [5, 5.41) is 19.6. The number of fused-ring (bicyclic) bond motifs is 1. The zero-order valence-corrected chi connectivity index (χ0v) is 23.0. The highest BCUT2D eigenvalue weighted by Gasteiger charge is 2.27. The number of aliphatic hydroxyl groups excluding tert-OH is 1. The standard InChI is InChI=1S/C28H35N7O2S/c1-4-33(5-2)19(3)16-29-28(37)20-14-24(31-26(15-20)34-11-6-8-21(34)18-36)22-17-30-35-12-10-23(32-27(22)35)25-9-7-13-38-25/h7,9-10,12-15,17,19,21,36H,4-6,8,11,16,18H2,1-3H3,(H,29,37)/t19?,21-/m0/s1. The predicted octanol–water partition coefficient (Wildman–Crippen LogP) is 3.94. The lowest BCUT2D eigenvalue weighted by molar-refractivity contribution is 0.0938. The van der Waals surface area contributed by atoms with Crippen molar-refractivity contribution in [3.63, 3.8) is 0 Å². The highest BCUT2D eigenvalue weighted by atomic mass is 32.1. The zero-order valence-electron chi connectivity index (χ0n) is 22.2. The van der Waals surface area contributed by atoms with E-state index in [4.69, 9.17) is 9.97 Å². The monoisotopic (exact) mass is 533 g/mol. The first kappa shape index (κ1) is 26.3. The van der Waals surface area contributed by atoms with Crippen LogP contribution in [-0.2, 0) is 0 Å². The number of pyridine rings is 1. The van der Waals surface area contributed by atoms with Gasteiger partial charge in [-0.05, 0) is 62.5 Å². The number of hydrogen-bond donors (Lipinski definition) is 2. The number of hydrogen-bond acceptors (Lipinski definition) is 8. The van der Waals surface area contributed by atoms with Crippen molar-refractivity contribution in [3.8, 4) is 21.8 Å². The fourth-order valence-electron chi connectivity index (χ4n) is 5.19. The normalized spacial score (nSPS) is 16.4. The molecule has 0 aliphatic carbocycles. The molecule has 9 nitrogen and oxygen atoms in total. The molecule has 1 unspecified atom stereocenters. The molecule has 1 aliphatic rings. The van der Waals surface area contributed by atoms with E-state index in [1.807, 2.05) is 41.9 Å². The first-order valence-corrected chi connectivity index (χ1v) is 14.2. The number of carbonyl (C=O) groups is 1. The van der Waals surface area contributed by atoms with Crippen LogP contribution in [0.1, 0.15) is 44.0 Å². The van der Waals surface area contributed by atoms with Crippen LogP contribution in [-0.4, -0.2) is 80.4 Å². The van der Waals surface area contributed by atoms with Gasteiger partial charge < -0.3 is 15.3 Å². The van der Waals surface area contributed by atoms with Gasteiger partial charge in [-0.1, -0.05) is 19.9 Å². The molecular weight excluding hydrogens is 498 g/mol. The smallest absolute Gasteiger partial charge is 0.251 e. The van der Waals surface area contributed by atoms with Crippen LogP contribution in [0.15, 0.2) is 48.1 Å². The van der Waals surface area contributed by atoms with Crippen molar-refractivity contribution in [2.45, 2.75) is 45.7 Å². The fourth-order valence-corrected chi connectivity index (χ4v) is 5.88. The zero-order chi connectivity index (χ0) is 26.6. The number of carbonyl (C=O) groups excluding carboxylic acids is 1. The molecule has 4 aromatic rings. The largest absolute Gasteiger partial charge is 0.394 e. The molecule has 10 heteroatoms. The number of aromatic nitrogens is 4. The Morgan fingerprint density at radius 1 is 1.24 bits per heavy atom. The van der Waals surface area contributed by atoms with Gasteiger partial charge in [-0.2, -0.15) is 5.10 Å². The Labute approximate surface area is 227 Å². The minimum Gasteiger partial charge on any atom is -0.394 e. The van der Waals surface area contributed by atoms with Crippen LogP contribution < -0.4 is 10.2 Å². The van der Waals surface area contributed by atoms with Gasteiger partial charge in [-0.3, -0.25) is 9.69 Å². The van der Waals surface area contributed by atoms with Gasteiger partial charge in [0.05, 0.1) is 40.7 Å². The second kappa shape index (κ2) is 11.6. The van der Waals surface area contributed by atoms with Gasteiger partial charge >= 0.3 is 0 Å². The lowest BCUT2D eigenvalue weighted by atomic mass is 10.1. The Hall–Kier alpha value is -3.34. The molecule has 0 bridgehead atoms. The van der Waals surface area contributed by atoms with Crippen LogP contribution in [0.2, 0.25) is 0 Å². The Bertz CT molecular complexity index is 1380. The molecule has 1 fully saturated rings. The molecule has 1 saturated heterocycles. The van der Waals surface area contributed by atoms with Gasteiger partial charge in [-0.25, -0.2) is 14.5 Å². The van der Waals surface area contributed by atoms with Gasteiger partial charge in [0, 0.05) is 30.9 Å². The molecule has 1 amide bonds. The number of nitrogens with one attached hydrogen (secondary N) is 1. The first-order valence-electron chi connectivity index (χ1n) is 13.3. The number of anilines is 1. The third kappa shape index (κ3) is 5.29. The van der Waals surface area contributed by atoms with Crippen molar-refractivity contribution < 1.29 is 9.90 Å². The lowest BCUT2D eigenvalue weighted by Crippen LogP contribution is -2.42. The van der Waals surface area contributed by atoms with Crippen LogP contribution in [0.25, 0.3) is 27.5 Å². The van der Waals surface area contributed by atoms with Crippen molar-refractivity contribution in [1.29, 1.82) is 0 Å². The van der Waals surface area contributed by atoms with E-state index in [1.54, 1.807) is 22.0 Å². The first-order chi connectivity index (χ1) is 18.5. The highest BCUT2D eigenvalue weighted by Crippen LogP contribution is 2.31. The van der Waals surface area contributed by atoms with Crippen LogP contribution in [0.4, 0.5) is 5.82 Å². The second-order valence-corrected chi connectivity index (χ2v) is 10.6. The van der Waals surface area contributed by atoms with Crippen LogP contribution in [0, 0.1) is 0 Å². The Morgan fingerprint density at radius 2 is 2.08 bits per heavy atom. The maximum absolute atomic E-state index is 13.4. The van der Waals surface area contributed by atoms with Crippen LogP contribution >= 0.6 is 11.3 Å². The number of likely N-dealkylation sites (N-methyl/N-ethyl adjacent to an activating group) is 1. The highest BCUT2D eigenvalue weighted by molar-refractivity contribution is 7.13. The average Bonchev–Trinajstić information content (AvgIpc) is 3.72. The van der Waals surface area contributed by atoms with E-state index >= 15 is 0 Å². The molecule has 0 spiro atoms. The molecule has 1 aliphatic heterocycles. The molecule has 5 heterocycles. The summed E-state index contributed by atoms with van der Waals surface area (Å²) in [5.41, 5.74) is 3.49. The molecule has 4 aromatic heterocycles. The Kier molecular flexibility index (Phi) is 8.01. The molecule has 200 valence electrons. The quantitative estimate of drug-likeness (QED) is 0.319. The summed E-state index contributed by atoms with van der Waals surface area (Å²) in [6.45, 7) is 9.65. The molecular formula is C28H35N7O2S. The van der Waals surface area contributed by atoms with Crippen LogP contribution in [0.5, 0.6) is 0 Å². The summed E-state index contributed by atoms with van der Waals surface area (Å²) in [6, 6.07) is 9.88. The molecule has 38 heavy (non-hydrogen) atoms. The molecule has 0 aromatic carbocycles. The summed E-state index contributed by atoms with van der Waals surface area (Å²) >= 11 is 1.64. The van der Waals surface area contributed by atoms with E-state index in [9.17, 15) is 9.90 Å². The van der Waals surface area contributed by atoms with E-state index in [1.165, 1.54) is 0 Å². The molecule has 0 radical (unpaired) electrons. The second-order valence-electron chi connectivity index (χ2n) is 9.67. The summed E-state index contributed by atoms with van der Waals surface area (Å²) < 4.78 is 1.73. The number of aliphatic hydroxyl groups is 1. The summed E-state index contributed by atoms with van der Waals surface area (Å²) in [6.07, 6.45) is 5.52. The molecule has 0 saturated carbocycles. The Balaban J connectivity index is 1.53. The lowest BCUT2D eigenvalue weighted by Gasteiger charge is -2.27. The van der Waals surface area contributed by atoms with Gasteiger partial charge in [-0.15, -0.1) is 11.3 Å². The van der Waals surface area contributed by atoms with E-state index < -0.39 is 0 Å². The molecule has 2 N–H and O–H groups in total. The van der Waals surface area contributed by atoms with Crippen molar-refractivity contribution in [2.75, 3.05) is 37.7 Å². The minimum absolute atomic E-state index is 0.0104. The maximum atomic E-state index is 13.4. The van der Waals surface area contributed by atoms with Gasteiger partial charge in [0.2, 0.25) is 0 Å². The Morgan fingerprint density at radius 3 is 2.82 bits per heavy atom. The number of amides is 1. The van der Waals surface area contributed by atoms with Gasteiger partial charge in [0.15, 0.2) is 5.65 Å². The van der Waals surface area contributed by atoms with Crippen molar-refractivity contribution in [2.24, 2.45) is 0 Å². The van der Waals surface area contributed by atoms with E-state index in [0.29, 0.717) is 29.3 Å². The third-order valence-corrected chi connectivity index (χ3v) is 8.26. The maximum Gasteiger partial charge on any atom is 0.251 e. The molecule has 5 rings (SSSR count). The van der Waals surface area contributed by atoms with E-state index in [2.05, 4.69) is 41.0 Å². The predicted molar refractivity (Wildman–Crippen MR) is 152 cm³/mol. The van der Waals surface area contributed by atoms with Gasteiger partial charge in [0.25, 0.3) is 5.91 Å². The van der Waals surface area contributed by atoms with Crippen molar-refractivity contribution in [3.05, 3.63) is 53.7 Å². The molecule has 2 atom stereocenters. The number of rotatable bonds is 10. The topological polar surface area (TPSA) is 98.9 Å². The fraction of sp³-hybridized carbons (Fsp3) is 0.429.